The Hall–Kier alpha value is -1.08. The standard InChI is InChI=1S/C16H25N/c1-15(2)9-6-7-13-17-14-8-12-16-10-4-3-5-11-16/h3-5,8,10-12,15,17H,6-7,9,13-14H2,1-2H3/b12-8+. The molecule has 0 heterocycles. The maximum atomic E-state index is 3.44. The van der Waals surface area contributed by atoms with Crippen LogP contribution in [0.3, 0.4) is 0 Å². The molecular weight excluding hydrogens is 206 g/mol. The van der Waals surface area contributed by atoms with Gasteiger partial charge in [-0.05, 0) is 24.4 Å². The van der Waals surface area contributed by atoms with Crippen LogP contribution in [0, 0.1) is 5.92 Å². The monoisotopic (exact) mass is 231 g/mol. The first-order valence-corrected chi connectivity index (χ1v) is 6.71. The zero-order chi connectivity index (χ0) is 12.3. The zero-order valence-corrected chi connectivity index (χ0v) is 11.2. The number of hydrogen-bond acceptors (Lipinski definition) is 1. The summed E-state index contributed by atoms with van der Waals surface area (Å²) >= 11 is 0. The molecule has 0 atom stereocenters. The third kappa shape index (κ3) is 7.76. The summed E-state index contributed by atoms with van der Waals surface area (Å²) in [5.74, 6) is 0.841. The van der Waals surface area contributed by atoms with Crippen LogP contribution in [0.25, 0.3) is 6.08 Å². The van der Waals surface area contributed by atoms with Crippen LogP contribution < -0.4 is 5.32 Å². The van der Waals surface area contributed by atoms with Gasteiger partial charge in [-0.1, -0.05) is 69.2 Å². The van der Waals surface area contributed by atoms with Crippen molar-refractivity contribution in [2.75, 3.05) is 13.1 Å². The van der Waals surface area contributed by atoms with E-state index in [1.807, 2.05) is 6.07 Å². The Morgan fingerprint density at radius 2 is 1.88 bits per heavy atom. The summed E-state index contributed by atoms with van der Waals surface area (Å²) in [6.45, 7) is 6.68. The molecule has 0 saturated heterocycles. The molecule has 0 bridgehead atoms. The fourth-order valence-electron chi connectivity index (χ4n) is 1.75. The van der Waals surface area contributed by atoms with Gasteiger partial charge in [-0.15, -0.1) is 0 Å². The molecule has 0 unspecified atom stereocenters. The average Bonchev–Trinajstić information content (AvgIpc) is 2.33. The van der Waals surface area contributed by atoms with Crippen LogP contribution in [0.1, 0.15) is 38.7 Å². The van der Waals surface area contributed by atoms with E-state index < -0.39 is 0 Å². The third-order valence-electron chi connectivity index (χ3n) is 2.76. The third-order valence-corrected chi connectivity index (χ3v) is 2.76. The van der Waals surface area contributed by atoms with E-state index >= 15 is 0 Å². The number of nitrogens with one attached hydrogen (secondary N) is 1. The zero-order valence-electron chi connectivity index (χ0n) is 11.2. The maximum Gasteiger partial charge on any atom is 0.0138 e. The van der Waals surface area contributed by atoms with Crippen molar-refractivity contribution in [3.63, 3.8) is 0 Å². The van der Waals surface area contributed by atoms with E-state index in [1.165, 1.54) is 24.8 Å². The van der Waals surface area contributed by atoms with E-state index in [0.717, 1.165) is 19.0 Å². The fraction of sp³-hybridized carbons (Fsp3) is 0.500. The number of benzene rings is 1. The fourth-order valence-corrected chi connectivity index (χ4v) is 1.75. The van der Waals surface area contributed by atoms with Crippen molar-refractivity contribution in [1.82, 2.24) is 5.32 Å². The number of unbranched alkanes of at least 4 members (excludes halogenated alkanes) is 1. The van der Waals surface area contributed by atoms with E-state index in [0.29, 0.717) is 0 Å². The predicted molar refractivity (Wildman–Crippen MR) is 77.0 cm³/mol. The molecule has 0 spiro atoms. The topological polar surface area (TPSA) is 12.0 Å². The molecule has 0 aliphatic carbocycles. The molecule has 1 heteroatoms. The maximum absolute atomic E-state index is 3.44. The van der Waals surface area contributed by atoms with Gasteiger partial charge in [0.2, 0.25) is 0 Å². The smallest absolute Gasteiger partial charge is 0.0138 e. The molecule has 1 rings (SSSR count). The normalized spacial score (nSPS) is 11.5. The molecular formula is C16H25N. The van der Waals surface area contributed by atoms with Gasteiger partial charge in [0.25, 0.3) is 0 Å². The number of rotatable bonds is 8. The van der Waals surface area contributed by atoms with E-state index in [-0.39, 0.29) is 0 Å². The summed E-state index contributed by atoms with van der Waals surface area (Å²) in [5.41, 5.74) is 1.27. The van der Waals surface area contributed by atoms with E-state index in [9.17, 15) is 0 Å². The Morgan fingerprint density at radius 1 is 1.12 bits per heavy atom. The second kappa shape index (κ2) is 9.00. The van der Waals surface area contributed by atoms with Crippen molar-refractivity contribution in [1.29, 1.82) is 0 Å². The van der Waals surface area contributed by atoms with Crippen molar-refractivity contribution in [3.8, 4) is 0 Å². The van der Waals surface area contributed by atoms with Gasteiger partial charge >= 0.3 is 0 Å². The highest BCUT2D eigenvalue weighted by atomic mass is 14.8. The molecule has 1 N–H and O–H groups in total. The minimum Gasteiger partial charge on any atom is -0.313 e. The second-order valence-electron chi connectivity index (χ2n) is 4.91. The molecule has 1 aromatic rings. The Balaban J connectivity index is 1.99. The van der Waals surface area contributed by atoms with Gasteiger partial charge in [0.05, 0.1) is 0 Å². The van der Waals surface area contributed by atoms with Crippen LogP contribution >= 0.6 is 0 Å². The van der Waals surface area contributed by atoms with Crippen LogP contribution in [-0.2, 0) is 0 Å². The van der Waals surface area contributed by atoms with E-state index in [1.54, 1.807) is 0 Å². The van der Waals surface area contributed by atoms with Crippen molar-refractivity contribution in [3.05, 3.63) is 42.0 Å². The summed E-state index contributed by atoms with van der Waals surface area (Å²) in [5, 5.41) is 3.44. The summed E-state index contributed by atoms with van der Waals surface area (Å²) in [6.07, 6.45) is 8.34. The van der Waals surface area contributed by atoms with Gasteiger partial charge in [0.1, 0.15) is 0 Å². The van der Waals surface area contributed by atoms with E-state index in [4.69, 9.17) is 0 Å². The molecule has 0 saturated carbocycles. The highest BCUT2D eigenvalue weighted by Crippen LogP contribution is 2.05. The van der Waals surface area contributed by atoms with Gasteiger partial charge in [-0.3, -0.25) is 0 Å². The molecule has 1 nitrogen and oxygen atoms in total. The van der Waals surface area contributed by atoms with E-state index in [2.05, 4.69) is 55.6 Å². The molecule has 0 fully saturated rings. The minimum absolute atomic E-state index is 0.841. The lowest BCUT2D eigenvalue weighted by molar-refractivity contribution is 0.527. The lowest BCUT2D eigenvalue weighted by atomic mass is 10.1. The average molecular weight is 231 g/mol. The molecule has 0 amide bonds. The van der Waals surface area contributed by atoms with Gasteiger partial charge in [-0.25, -0.2) is 0 Å². The Kier molecular flexibility index (Phi) is 7.40. The van der Waals surface area contributed by atoms with Gasteiger partial charge in [-0.2, -0.15) is 0 Å². The summed E-state index contributed by atoms with van der Waals surface area (Å²) < 4.78 is 0. The Labute approximate surface area is 106 Å². The van der Waals surface area contributed by atoms with Crippen LogP contribution in [0.4, 0.5) is 0 Å². The van der Waals surface area contributed by atoms with Crippen LogP contribution in [0.15, 0.2) is 36.4 Å². The SMILES string of the molecule is CC(C)CCCCNC/C=C/c1ccccc1. The quantitative estimate of drug-likeness (QED) is 0.664. The van der Waals surface area contributed by atoms with Gasteiger partial charge in [0, 0.05) is 6.54 Å². The van der Waals surface area contributed by atoms with Gasteiger partial charge in [0.15, 0.2) is 0 Å². The van der Waals surface area contributed by atoms with Crippen molar-refractivity contribution < 1.29 is 0 Å². The minimum atomic E-state index is 0.841. The summed E-state index contributed by atoms with van der Waals surface area (Å²) in [7, 11) is 0. The van der Waals surface area contributed by atoms with Gasteiger partial charge < -0.3 is 5.32 Å². The largest absolute Gasteiger partial charge is 0.313 e. The summed E-state index contributed by atoms with van der Waals surface area (Å²) in [6, 6.07) is 10.4. The molecule has 0 aromatic heterocycles. The molecule has 0 aliphatic rings. The van der Waals surface area contributed by atoms with Crippen molar-refractivity contribution in [2.45, 2.75) is 33.1 Å². The highest BCUT2D eigenvalue weighted by molar-refractivity contribution is 5.48. The predicted octanol–water partition coefficient (Wildman–Crippen LogP) is 4.12. The van der Waals surface area contributed by atoms with Crippen LogP contribution in [-0.4, -0.2) is 13.1 Å². The molecule has 0 aliphatic heterocycles. The Bertz CT molecular complexity index is 301. The van der Waals surface area contributed by atoms with Crippen LogP contribution in [0.2, 0.25) is 0 Å². The lowest BCUT2D eigenvalue weighted by Crippen LogP contribution is -2.14. The first kappa shape index (κ1) is 14.0. The lowest BCUT2D eigenvalue weighted by Gasteiger charge is -2.04. The van der Waals surface area contributed by atoms with Crippen LogP contribution in [0.5, 0.6) is 0 Å². The summed E-state index contributed by atoms with van der Waals surface area (Å²) in [4.78, 5) is 0. The first-order valence-electron chi connectivity index (χ1n) is 6.71. The molecule has 94 valence electrons. The second-order valence-corrected chi connectivity index (χ2v) is 4.91. The Morgan fingerprint density at radius 3 is 2.59 bits per heavy atom. The first-order chi connectivity index (χ1) is 8.29. The number of hydrogen-bond donors (Lipinski definition) is 1. The van der Waals surface area contributed by atoms with Crippen molar-refractivity contribution >= 4 is 6.08 Å². The molecule has 0 radical (unpaired) electrons. The molecule has 17 heavy (non-hydrogen) atoms. The van der Waals surface area contributed by atoms with Crippen molar-refractivity contribution in [2.24, 2.45) is 5.92 Å². The highest BCUT2D eigenvalue weighted by Gasteiger charge is 1.92. The molecule has 1 aromatic carbocycles.